The largest absolute Gasteiger partial charge is 0.383 e. The Morgan fingerprint density at radius 3 is 2.73 bits per heavy atom. The van der Waals surface area contributed by atoms with Crippen LogP contribution in [0.4, 0.5) is 11.6 Å². The highest BCUT2D eigenvalue weighted by Crippen LogP contribution is 2.38. The van der Waals surface area contributed by atoms with Crippen LogP contribution in [0.2, 0.25) is 0 Å². The lowest BCUT2D eigenvalue weighted by Gasteiger charge is -2.30. The average molecular weight is 550 g/mol. The topological polar surface area (TPSA) is 128 Å². The number of amides is 2. The molecule has 1 aliphatic carbocycles. The molecule has 9 nitrogen and oxygen atoms in total. The SMILES string of the molecule is Nc1ncc2c3c1c(-c1ccc(C(=O)Nc4ccccn4)cc1)nn3[C@@H]1CCC[C@H](C1)NC(=O)CCCC/C=C/C2. The Morgan fingerprint density at radius 2 is 1.90 bits per heavy atom. The van der Waals surface area contributed by atoms with Crippen LogP contribution in [0.1, 0.15) is 73.3 Å². The molecule has 0 saturated heterocycles. The summed E-state index contributed by atoms with van der Waals surface area (Å²) < 4.78 is 2.13. The summed E-state index contributed by atoms with van der Waals surface area (Å²) in [5.41, 5.74) is 10.7. The number of allylic oxidation sites excluding steroid dienone is 2. The van der Waals surface area contributed by atoms with Crippen molar-refractivity contribution in [2.75, 3.05) is 11.1 Å². The molecule has 0 radical (unpaired) electrons. The number of carbonyl (C=O) groups is 2. The molecule has 0 spiro atoms. The van der Waals surface area contributed by atoms with Gasteiger partial charge >= 0.3 is 0 Å². The molecule has 3 aromatic heterocycles. The molecule has 4 heterocycles. The molecule has 210 valence electrons. The number of nitrogens with zero attached hydrogens (tertiary/aromatic N) is 4. The van der Waals surface area contributed by atoms with E-state index in [0.29, 0.717) is 23.6 Å². The maximum atomic E-state index is 12.8. The van der Waals surface area contributed by atoms with Crippen molar-refractivity contribution in [3.8, 4) is 11.3 Å². The molecule has 2 bridgehead atoms. The van der Waals surface area contributed by atoms with Gasteiger partial charge in [0, 0.05) is 41.5 Å². The fourth-order valence-corrected chi connectivity index (χ4v) is 5.97. The van der Waals surface area contributed by atoms with Gasteiger partial charge in [-0.3, -0.25) is 14.3 Å². The van der Waals surface area contributed by atoms with Gasteiger partial charge in [0.25, 0.3) is 5.91 Å². The molecule has 6 rings (SSSR count). The molecule has 1 saturated carbocycles. The zero-order valence-electron chi connectivity index (χ0n) is 23.1. The van der Waals surface area contributed by atoms with Crippen LogP contribution in [0.15, 0.2) is 67.0 Å². The van der Waals surface area contributed by atoms with Crippen LogP contribution >= 0.6 is 0 Å². The highest BCUT2D eigenvalue weighted by atomic mass is 16.2. The van der Waals surface area contributed by atoms with Crippen molar-refractivity contribution in [1.29, 1.82) is 0 Å². The monoisotopic (exact) mass is 549 g/mol. The lowest BCUT2D eigenvalue weighted by molar-refractivity contribution is -0.122. The van der Waals surface area contributed by atoms with E-state index in [1.54, 1.807) is 30.5 Å². The van der Waals surface area contributed by atoms with Crippen molar-refractivity contribution < 1.29 is 9.59 Å². The van der Waals surface area contributed by atoms with Gasteiger partial charge in [-0.1, -0.05) is 30.4 Å². The summed E-state index contributed by atoms with van der Waals surface area (Å²) in [6.45, 7) is 0. The minimum Gasteiger partial charge on any atom is -0.383 e. The van der Waals surface area contributed by atoms with Gasteiger partial charge in [0.2, 0.25) is 5.91 Å². The summed E-state index contributed by atoms with van der Waals surface area (Å²) in [7, 11) is 0. The predicted molar refractivity (Wildman–Crippen MR) is 160 cm³/mol. The number of anilines is 2. The van der Waals surface area contributed by atoms with E-state index in [-0.39, 0.29) is 23.9 Å². The summed E-state index contributed by atoms with van der Waals surface area (Å²) in [5.74, 6) is 0.843. The fourth-order valence-electron chi connectivity index (χ4n) is 5.97. The third kappa shape index (κ3) is 5.84. The zero-order chi connectivity index (χ0) is 28.2. The smallest absolute Gasteiger partial charge is 0.256 e. The van der Waals surface area contributed by atoms with E-state index >= 15 is 0 Å². The molecule has 2 aliphatic rings. The first kappa shape index (κ1) is 26.7. The van der Waals surface area contributed by atoms with Crippen LogP contribution in [0.25, 0.3) is 22.2 Å². The fraction of sp³-hybridized carbons (Fsp3) is 0.344. The third-order valence-corrected chi connectivity index (χ3v) is 8.04. The number of rotatable bonds is 3. The Bertz CT molecular complexity index is 1580. The van der Waals surface area contributed by atoms with E-state index in [1.165, 1.54) is 0 Å². The van der Waals surface area contributed by atoms with Gasteiger partial charge < -0.3 is 16.4 Å². The number of nitrogen functional groups attached to an aromatic ring is 1. The first-order chi connectivity index (χ1) is 20.1. The van der Waals surface area contributed by atoms with Crippen LogP contribution in [0.5, 0.6) is 0 Å². The highest BCUT2D eigenvalue weighted by molar-refractivity contribution is 6.05. The number of nitrogens with one attached hydrogen (secondary N) is 2. The van der Waals surface area contributed by atoms with Crippen molar-refractivity contribution in [2.45, 2.75) is 69.9 Å². The lowest BCUT2D eigenvalue weighted by atomic mass is 9.90. The Balaban J connectivity index is 1.39. The van der Waals surface area contributed by atoms with E-state index in [0.717, 1.165) is 79.1 Å². The molecule has 41 heavy (non-hydrogen) atoms. The number of hydrogen-bond acceptors (Lipinski definition) is 6. The van der Waals surface area contributed by atoms with Gasteiger partial charge in [-0.05, 0) is 75.6 Å². The van der Waals surface area contributed by atoms with Crippen molar-refractivity contribution in [2.24, 2.45) is 0 Å². The second-order valence-electron chi connectivity index (χ2n) is 10.9. The number of fused-ring (bicyclic) bond motifs is 3. The van der Waals surface area contributed by atoms with Crippen LogP contribution in [-0.4, -0.2) is 37.6 Å². The van der Waals surface area contributed by atoms with Gasteiger partial charge in [0.1, 0.15) is 17.3 Å². The predicted octanol–water partition coefficient (Wildman–Crippen LogP) is 5.60. The molecule has 1 aliphatic heterocycles. The van der Waals surface area contributed by atoms with Crippen LogP contribution in [-0.2, 0) is 11.2 Å². The minimum absolute atomic E-state index is 0.128. The quantitative estimate of drug-likeness (QED) is 0.286. The van der Waals surface area contributed by atoms with E-state index in [4.69, 9.17) is 10.8 Å². The van der Waals surface area contributed by atoms with E-state index in [9.17, 15) is 9.59 Å². The van der Waals surface area contributed by atoms with Gasteiger partial charge in [-0.2, -0.15) is 5.10 Å². The standard InChI is InChI=1S/C32H35N7O2/c33-31-28-29(21-14-16-22(17-15-21)32(41)37-26-12-6-7-18-34-26)38-39-25-11-8-10-24(19-25)36-27(40)13-5-3-1-2-4-9-23(20-35-31)30(28)39/h2,4,6-7,12,14-18,20,24-25H,1,3,5,8-11,13,19H2,(H2,33,35)(H,36,40)(H,34,37,41)/b4-2+/t24-,25-/m1/s1. The molecule has 9 heteroatoms. The number of nitrogens with two attached hydrogens (primary N) is 1. The van der Waals surface area contributed by atoms with Crippen molar-refractivity contribution >= 4 is 34.4 Å². The third-order valence-electron chi connectivity index (χ3n) is 8.04. The zero-order valence-corrected chi connectivity index (χ0v) is 23.1. The summed E-state index contributed by atoms with van der Waals surface area (Å²) in [4.78, 5) is 34.2. The van der Waals surface area contributed by atoms with Crippen molar-refractivity contribution in [3.05, 3.63) is 78.1 Å². The Labute approximate surface area is 239 Å². The molecular weight excluding hydrogens is 514 g/mol. The Kier molecular flexibility index (Phi) is 7.75. The number of pyridine rings is 2. The molecular formula is C32H35N7O2. The summed E-state index contributed by atoms with van der Waals surface area (Å²) >= 11 is 0. The second kappa shape index (κ2) is 11.9. The lowest BCUT2D eigenvalue weighted by Crippen LogP contribution is -2.39. The average Bonchev–Trinajstić information content (AvgIpc) is 3.40. The number of benzene rings is 1. The first-order valence-corrected chi connectivity index (χ1v) is 14.5. The normalized spacial score (nSPS) is 20.4. The molecule has 1 fully saturated rings. The van der Waals surface area contributed by atoms with Crippen LogP contribution in [0.3, 0.4) is 0 Å². The van der Waals surface area contributed by atoms with Crippen LogP contribution in [0, 0.1) is 0 Å². The van der Waals surface area contributed by atoms with E-state index in [1.807, 2.05) is 24.4 Å². The summed E-state index contributed by atoms with van der Waals surface area (Å²) in [5, 5.41) is 12.1. The van der Waals surface area contributed by atoms with Crippen LogP contribution < -0.4 is 16.4 Å². The van der Waals surface area contributed by atoms with Crippen molar-refractivity contribution in [1.82, 2.24) is 25.1 Å². The maximum Gasteiger partial charge on any atom is 0.256 e. The Hall–Kier alpha value is -4.53. The maximum absolute atomic E-state index is 12.8. The van der Waals surface area contributed by atoms with Gasteiger partial charge in [0.15, 0.2) is 0 Å². The van der Waals surface area contributed by atoms with Gasteiger partial charge in [-0.15, -0.1) is 0 Å². The molecule has 1 aromatic carbocycles. The first-order valence-electron chi connectivity index (χ1n) is 14.5. The summed E-state index contributed by atoms with van der Waals surface area (Å²) in [6.07, 6.45) is 15.8. The van der Waals surface area contributed by atoms with E-state index in [2.05, 4.69) is 37.4 Å². The molecule has 2 amide bonds. The van der Waals surface area contributed by atoms with Gasteiger partial charge in [0.05, 0.1) is 16.9 Å². The number of hydrogen-bond donors (Lipinski definition) is 3. The number of carbonyl (C=O) groups excluding carboxylic acids is 2. The minimum atomic E-state index is -0.232. The van der Waals surface area contributed by atoms with Gasteiger partial charge in [-0.25, -0.2) is 9.97 Å². The molecule has 4 aromatic rings. The number of aromatic nitrogens is 4. The Morgan fingerprint density at radius 1 is 1.02 bits per heavy atom. The van der Waals surface area contributed by atoms with E-state index < -0.39 is 0 Å². The molecule has 4 N–H and O–H groups in total. The molecule has 0 unspecified atom stereocenters. The summed E-state index contributed by atoms with van der Waals surface area (Å²) in [6, 6.07) is 13.0. The second-order valence-corrected chi connectivity index (χ2v) is 10.9. The van der Waals surface area contributed by atoms with Crippen molar-refractivity contribution in [3.63, 3.8) is 0 Å². The highest BCUT2D eigenvalue weighted by Gasteiger charge is 2.29. The molecule has 2 atom stereocenters.